The van der Waals surface area contributed by atoms with Crippen LogP contribution in [0.5, 0.6) is 0 Å². The standard InChI is InChI=1S/C26H28N8OS/c1-16(18-6-4-3-5-7-18)12-27-24-30-25(29-19-8-9-22-23(10-19)36-15-28-22)32-26(31-24)34-14-20-11-21(34)13-33(20)17(2)35/h3-10,15-16,20-21H,11-14H2,1-2H3,(H2,27,29,30,31,32). The van der Waals surface area contributed by atoms with Crippen LogP contribution in [0.25, 0.3) is 10.2 Å². The Bertz CT molecular complexity index is 1390. The summed E-state index contributed by atoms with van der Waals surface area (Å²) in [6.07, 6.45) is 0.948. The number of fused-ring (bicyclic) bond motifs is 3. The lowest BCUT2D eigenvalue weighted by molar-refractivity contribution is -0.129. The third kappa shape index (κ3) is 4.44. The SMILES string of the molecule is CC(=O)N1CC2CC1CN2c1nc(NCC(C)c2ccccc2)nc(Nc2ccc3ncsc3c2)n1. The van der Waals surface area contributed by atoms with Gasteiger partial charge in [-0.05, 0) is 36.1 Å². The summed E-state index contributed by atoms with van der Waals surface area (Å²) < 4.78 is 1.10. The summed E-state index contributed by atoms with van der Waals surface area (Å²) in [5.41, 5.74) is 4.98. The van der Waals surface area contributed by atoms with E-state index >= 15 is 0 Å². The third-order valence-electron chi connectivity index (χ3n) is 7.05. The maximum atomic E-state index is 12.0. The van der Waals surface area contributed by atoms with Crippen LogP contribution in [0.2, 0.25) is 0 Å². The fourth-order valence-electron chi connectivity index (χ4n) is 5.13. The maximum Gasteiger partial charge on any atom is 0.233 e. The minimum atomic E-state index is 0.135. The molecule has 2 aromatic carbocycles. The molecule has 0 saturated carbocycles. The Morgan fingerprint density at radius 1 is 1.08 bits per heavy atom. The summed E-state index contributed by atoms with van der Waals surface area (Å²) in [7, 11) is 0. The molecule has 4 aromatic rings. The topological polar surface area (TPSA) is 99.2 Å². The van der Waals surface area contributed by atoms with Crippen molar-refractivity contribution in [1.82, 2.24) is 24.8 Å². The molecule has 0 radical (unpaired) electrons. The van der Waals surface area contributed by atoms with E-state index in [4.69, 9.17) is 15.0 Å². The molecule has 0 spiro atoms. The van der Waals surface area contributed by atoms with Crippen LogP contribution in [-0.4, -0.2) is 62.5 Å². The highest BCUT2D eigenvalue weighted by Crippen LogP contribution is 2.34. The Labute approximate surface area is 213 Å². The van der Waals surface area contributed by atoms with E-state index in [1.165, 1.54) is 5.56 Å². The molecule has 2 saturated heterocycles. The number of nitrogens with zero attached hydrogens (tertiary/aromatic N) is 6. The number of piperazine rings is 1. The molecule has 10 heteroatoms. The van der Waals surface area contributed by atoms with Crippen LogP contribution in [0.3, 0.4) is 0 Å². The van der Waals surface area contributed by atoms with Crippen LogP contribution in [0.4, 0.5) is 23.5 Å². The lowest BCUT2D eigenvalue weighted by Crippen LogP contribution is -2.48. The Morgan fingerprint density at radius 2 is 1.92 bits per heavy atom. The second-order valence-corrected chi connectivity index (χ2v) is 10.4. The van der Waals surface area contributed by atoms with Crippen molar-refractivity contribution in [2.24, 2.45) is 0 Å². The molecule has 6 rings (SSSR count). The number of hydrogen-bond acceptors (Lipinski definition) is 9. The molecule has 36 heavy (non-hydrogen) atoms. The van der Waals surface area contributed by atoms with Crippen molar-refractivity contribution < 1.29 is 4.79 Å². The minimum Gasteiger partial charge on any atom is -0.353 e. The number of nitrogens with one attached hydrogen (secondary N) is 2. The van der Waals surface area contributed by atoms with Gasteiger partial charge in [-0.2, -0.15) is 15.0 Å². The van der Waals surface area contributed by atoms with Gasteiger partial charge in [-0.1, -0.05) is 37.3 Å². The Balaban J connectivity index is 1.26. The van der Waals surface area contributed by atoms with Gasteiger partial charge >= 0.3 is 0 Å². The van der Waals surface area contributed by atoms with Crippen molar-refractivity contribution in [3.63, 3.8) is 0 Å². The number of aromatic nitrogens is 4. The first-order valence-corrected chi connectivity index (χ1v) is 13.1. The molecule has 2 aromatic heterocycles. The Hall–Kier alpha value is -3.79. The van der Waals surface area contributed by atoms with Crippen molar-refractivity contribution in [3.8, 4) is 0 Å². The Morgan fingerprint density at radius 3 is 2.69 bits per heavy atom. The van der Waals surface area contributed by atoms with E-state index in [0.29, 0.717) is 36.9 Å². The molecule has 1 amide bonds. The number of benzene rings is 2. The average Bonchev–Trinajstić information content (AvgIpc) is 3.63. The second-order valence-electron chi connectivity index (χ2n) is 9.50. The van der Waals surface area contributed by atoms with E-state index in [1.54, 1.807) is 18.3 Å². The van der Waals surface area contributed by atoms with Crippen molar-refractivity contribution in [3.05, 3.63) is 59.6 Å². The summed E-state index contributed by atoms with van der Waals surface area (Å²) in [5, 5.41) is 6.79. The molecule has 2 fully saturated rings. The fraction of sp³-hybridized carbons (Fsp3) is 0.346. The van der Waals surface area contributed by atoms with Gasteiger partial charge < -0.3 is 20.4 Å². The predicted octanol–water partition coefficient (Wildman–Crippen LogP) is 4.25. The number of rotatable bonds is 7. The number of hydrogen-bond donors (Lipinski definition) is 2. The number of thiazole rings is 1. The molecule has 0 aliphatic carbocycles. The molecular formula is C26H28N8OS. The zero-order valence-electron chi connectivity index (χ0n) is 20.3. The van der Waals surface area contributed by atoms with Gasteiger partial charge in [0, 0.05) is 32.2 Å². The molecular weight excluding hydrogens is 472 g/mol. The fourth-order valence-corrected chi connectivity index (χ4v) is 5.85. The molecule has 3 unspecified atom stereocenters. The number of carbonyl (C=O) groups is 1. The summed E-state index contributed by atoms with van der Waals surface area (Å²) >= 11 is 1.60. The van der Waals surface area contributed by atoms with Gasteiger partial charge in [-0.15, -0.1) is 11.3 Å². The lowest BCUT2D eigenvalue weighted by atomic mass is 10.0. The van der Waals surface area contributed by atoms with Gasteiger partial charge in [0.05, 0.1) is 27.8 Å². The average molecular weight is 501 g/mol. The smallest absolute Gasteiger partial charge is 0.233 e. The second kappa shape index (κ2) is 9.34. The van der Waals surface area contributed by atoms with E-state index in [-0.39, 0.29) is 18.0 Å². The van der Waals surface area contributed by atoms with Crippen molar-refractivity contribution in [2.45, 2.75) is 38.3 Å². The minimum absolute atomic E-state index is 0.135. The molecule has 9 nitrogen and oxygen atoms in total. The highest BCUT2D eigenvalue weighted by molar-refractivity contribution is 7.16. The van der Waals surface area contributed by atoms with E-state index in [9.17, 15) is 4.79 Å². The van der Waals surface area contributed by atoms with Gasteiger partial charge in [0.1, 0.15) is 0 Å². The predicted molar refractivity (Wildman–Crippen MR) is 143 cm³/mol. The largest absolute Gasteiger partial charge is 0.353 e. The van der Waals surface area contributed by atoms with Crippen LogP contribution in [0.1, 0.15) is 31.7 Å². The van der Waals surface area contributed by atoms with E-state index in [2.05, 4.69) is 57.8 Å². The first-order valence-electron chi connectivity index (χ1n) is 12.2. The van der Waals surface area contributed by atoms with Gasteiger partial charge in [-0.25, -0.2) is 4.98 Å². The molecule has 2 N–H and O–H groups in total. The summed E-state index contributed by atoms with van der Waals surface area (Å²) in [6, 6.07) is 16.9. The maximum absolute atomic E-state index is 12.0. The first-order chi connectivity index (χ1) is 17.5. The Kier molecular flexibility index (Phi) is 5.88. The summed E-state index contributed by atoms with van der Waals surface area (Å²) in [5.74, 6) is 2.09. The van der Waals surface area contributed by atoms with Crippen LogP contribution >= 0.6 is 11.3 Å². The van der Waals surface area contributed by atoms with E-state index in [1.807, 2.05) is 28.6 Å². The van der Waals surface area contributed by atoms with Crippen molar-refractivity contribution >= 4 is 51.0 Å². The van der Waals surface area contributed by atoms with Gasteiger partial charge in [0.15, 0.2) is 0 Å². The molecule has 4 heterocycles. The quantitative estimate of drug-likeness (QED) is 0.389. The zero-order valence-corrected chi connectivity index (χ0v) is 21.1. The number of likely N-dealkylation sites (tertiary alicyclic amines) is 1. The number of anilines is 4. The van der Waals surface area contributed by atoms with Crippen LogP contribution < -0.4 is 15.5 Å². The lowest BCUT2D eigenvalue weighted by Gasteiger charge is -2.33. The number of amides is 1. The van der Waals surface area contributed by atoms with Crippen LogP contribution in [-0.2, 0) is 4.79 Å². The van der Waals surface area contributed by atoms with Gasteiger partial charge in [0.25, 0.3) is 0 Å². The molecule has 3 atom stereocenters. The molecule has 184 valence electrons. The van der Waals surface area contributed by atoms with Crippen LogP contribution in [0.15, 0.2) is 54.0 Å². The third-order valence-corrected chi connectivity index (χ3v) is 7.84. The molecule has 2 aliphatic heterocycles. The molecule has 2 bridgehead atoms. The van der Waals surface area contributed by atoms with Gasteiger partial charge in [0.2, 0.25) is 23.8 Å². The normalized spacial score (nSPS) is 19.6. The highest BCUT2D eigenvalue weighted by atomic mass is 32.1. The van der Waals surface area contributed by atoms with E-state index < -0.39 is 0 Å². The van der Waals surface area contributed by atoms with E-state index in [0.717, 1.165) is 28.9 Å². The zero-order chi connectivity index (χ0) is 24.6. The summed E-state index contributed by atoms with van der Waals surface area (Å²) in [6.45, 7) is 5.98. The van der Waals surface area contributed by atoms with Crippen LogP contribution in [0, 0.1) is 0 Å². The first kappa shape index (κ1) is 22.7. The monoisotopic (exact) mass is 500 g/mol. The molecule has 2 aliphatic rings. The van der Waals surface area contributed by atoms with Gasteiger partial charge in [-0.3, -0.25) is 4.79 Å². The highest BCUT2D eigenvalue weighted by Gasteiger charge is 2.45. The number of carbonyl (C=O) groups excluding carboxylic acids is 1. The summed E-state index contributed by atoms with van der Waals surface area (Å²) in [4.78, 5) is 34.8. The van der Waals surface area contributed by atoms with Crippen molar-refractivity contribution in [2.75, 3.05) is 35.2 Å². The van der Waals surface area contributed by atoms with Crippen molar-refractivity contribution in [1.29, 1.82) is 0 Å².